The van der Waals surface area contributed by atoms with E-state index in [0.717, 1.165) is 5.56 Å². The predicted molar refractivity (Wildman–Crippen MR) is 143 cm³/mol. The molecular formula is C28H32N4O3. The van der Waals surface area contributed by atoms with Crippen molar-refractivity contribution in [1.29, 1.82) is 0 Å². The van der Waals surface area contributed by atoms with Crippen LogP contribution in [0.15, 0.2) is 84.6 Å². The quantitative estimate of drug-likeness (QED) is 0.124. The number of esters is 1. The van der Waals surface area contributed by atoms with Crippen LogP contribution < -0.4 is 10.2 Å². The van der Waals surface area contributed by atoms with Crippen LogP contribution in [0, 0.1) is 6.92 Å². The molecule has 1 heterocycles. The van der Waals surface area contributed by atoms with Crippen molar-refractivity contribution in [2.45, 2.75) is 20.8 Å². The van der Waals surface area contributed by atoms with Gasteiger partial charge in [-0.3, -0.25) is 14.7 Å². The second-order valence-electron chi connectivity index (χ2n) is 7.28. The maximum absolute atomic E-state index is 13.2. The summed E-state index contributed by atoms with van der Waals surface area (Å²) in [5, 5.41) is 3.23. The van der Waals surface area contributed by atoms with Crippen LogP contribution in [-0.2, 0) is 9.53 Å². The molecular weight excluding hydrogens is 440 g/mol. The molecule has 0 radical (unpaired) electrons. The Labute approximate surface area is 207 Å². The molecule has 0 unspecified atom stereocenters. The molecule has 7 nitrogen and oxygen atoms in total. The summed E-state index contributed by atoms with van der Waals surface area (Å²) in [5.41, 5.74) is 3.09. The number of nitrogens with zero attached hydrogens (tertiary/aromatic N) is 3. The van der Waals surface area contributed by atoms with Crippen molar-refractivity contribution in [1.82, 2.24) is 10.3 Å². The zero-order valence-corrected chi connectivity index (χ0v) is 20.7. The number of carbonyl (C=O) groups excluding carboxylic acids is 2. The second kappa shape index (κ2) is 13.4. The number of amidine groups is 1. The highest BCUT2D eigenvalue weighted by atomic mass is 16.5. The van der Waals surface area contributed by atoms with Gasteiger partial charge in [0.05, 0.1) is 23.4 Å². The third-order valence-electron chi connectivity index (χ3n) is 5.01. The number of nitrogens with one attached hydrogen (secondary N) is 1. The average Bonchev–Trinajstić information content (AvgIpc) is 2.86. The summed E-state index contributed by atoms with van der Waals surface area (Å²) in [4.78, 5) is 36.2. The first-order chi connectivity index (χ1) is 17.0. The van der Waals surface area contributed by atoms with Crippen LogP contribution in [0.1, 0.15) is 35.5 Å². The van der Waals surface area contributed by atoms with Crippen LogP contribution in [0.25, 0.3) is 11.1 Å². The van der Waals surface area contributed by atoms with E-state index in [0.29, 0.717) is 52.7 Å². The van der Waals surface area contributed by atoms with Crippen molar-refractivity contribution in [3.8, 4) is 11.1 Å². The van der Waals surface area contributed by atoms with Crippen LogP contribution in [0.4, 0.5) is 5.82 Å². The first-order valence-corrected chi connectivity index (χ1v) is 11.3. The highest BCUT2D eigenvalue weighted by molar-refractivity contribution is 6.14. The summed E-state index contributed by atoms with van der Waals surface area (Å²) in [6, 6.07) is 9.43. The van der Waals surface area contributed by atoms with E-state index in [1.54, 1.807) is 45.2 Å². The monoisotopic (exact) mass is 472 g/mol. The third-order valence-corrected chi connectivity index (χ3v) is 5.01. The number of rotatable bonds is 11. The van der Waals surface area contributed by atoms with Gasteiger partial charge in [0, 0.05) is 24.9 Å². The molecule has 2 aromatic rings. The van der Waals surface area contributed by atoms with Crippen molar-refractivity contribution >= 4 is 24.0 Å². The first-order valence-electron chi connectivity index (χ1n) is 11.3. The zero-order chi connectivity index (χ0) is 25.8. The van der Waals surface area contributed by atoms with E-state index >= 15 is 0 Å². The normalized spacial score (nSPS) is 11.8. The number of ether oxygens (including phenoxy) is 1. The molecule has 182 valence electrons. The molecule has 0 saturated carbocycles. The summed E-state index contributed by atoms with van der Waals surface area (Å²) >= 11 is 0. The number of aliphatic imine (C=N–C) groups is 1. The van der Waals surface area contributed by atoms with Crippen molar-refractivity contribution in [3.63, 3.8) is 0 Å². The molecule has 0 aliphatic heterocycles. The van der Waals surface area contributed by atoms with Gasteiger partial charge in [-0.2, -0.15) is 0 Å². The van der Waals surface area contributed by atoms with Gasteiger partial charge in [-0.15, -0.1) is 6.58 Å². The van der Waals surface area contributed by atoms with Gasteiger partial charge in [0.1, 0.15) is 5.84 Å². The topological polar surface area (TPSA) is 83.9 Å². The van der Waals surface area contributed by atoms with Gasteiger partial charge in [-0.1, -0.05) is 55.1 Å². The van der Waals surface area contributed by atoms with Gasteiger partial charge in [0.25, 0.3) is 0 Å². The van der Waals surface area contributed by atoms with Crippen LogP contribution in [0.5, 0.6) is 0 Å². The molecule has 35 heavy (non-hydrogen) atoms. The van der Waals surface area contributed by atoms with Crippen LogP contribution >= 0.6 is 0 Å². The molecule has 1 amide bonds. The molecule has 0 aliphatic carbocycles. The maximum atomic E-state index is 13.2. The summed E-state index contributed by atoms with van der Waals surface area (Å²) < 4.78 is 5.40. The molecule has 0 saturated heterocycles. The number of hydrogen-bond donors (Lipinski definition) is 1. The Balaban J connectivity index is 3.12. The predicted octanol–water partition coefficient (Wildman–Crippen LogP) is 4.99. The van der Waals surface area contributed by atoms with E-state index in [4.69, 9.17) is 9.72 Å². The number of benzene rings is 1. The molecule has 0 aliphatic rings. The number of anilines is 1. The van der Waals surface area contributed by atoms with Crippen molar-refractivity contribution in [2.75, 3.05) is 25.1 Å². The first kappa shape index (κ1) is 27.0. The Bertz CT molecular complexity index is 1160. The van der Waals surface area contributed by atoms with Gasteiger partial charge in [-0.25, -0.2) is 9.78 Å². The van der Waals surface area contributed by atoms with E-state index in [9.17, 15) is 9.59 Å². The van der Waals surface area contributed by atoms with Crippen LogP contribution in [0.2, 0.25) is 0 Å². The van der Waals surface area contributed by atoms with E-state index in [-0.39, 0.29) is 6.61 Å². The smallest absolute Gasteiger partial charge is 0.340 e. The van der Waals surface area contributed by atoms with E-state index in [2.05, 4.69) is 23.5 Å². The molecule has 1 N–H and O–H groups in total. The number of amides is 1. The molecule has 1 aromatic carbocycles. The summed E-state index contributed by atoms with van der Waals surface area (Å²) in [7, 11) is 1.63. The van der Waals surface area contributed by atoms with Gasteiger partial charge in [-0.05, 0) is 38.5 Å². The van der Waals surface area contributed by atoms with E-state index < -0.39 is 5.97 Å². The van der Waals surface area contributed by atoms with Gasteiger partial charge >= 0.3 is 5.97 Å². The fraction of sp³-hybridized carbons (Fsp3) is 0.214. The van der Waals surface area contributed by atoms with E-state index in [1.165, 1.54) is 4.90 Å². The third kappa shape index (κ3) is 6.20. The largest absolute Gasteiger partial charge is 0.462 e. The zero-order valence-electron chi connectivity index (χ0n) is 20.7. The van der Waals surface area contributed by atoms with Crippen LogP contribution in [-0.4, -0.2) is 43.4 Å². The number of aryl methyl sites for hydroxylation is 1. The Kier molecular flexibility index (Phi) is 10.4. The Morgan fingerprint density at radius 1 is 1.23 bits per heavy atom. The number of allylic oxidation sites excluding steroid dienone is 4. The minimum atomic E-state index is -0.503. The van der Waals surface area contributed by atoms with Crippen molar-refractivity contribution in [3.05, 3.63) is 96.4 Å². The Hall–Kier alpha value is -4.26. The molecule has 2 rings (SSSR count). The maximum Gasteiger partial charge on any atom is 0.340 e. The van der Waals surface area contributed by atoms with Crippen LogP contribution in [0.3, 0.4) is 0 Å². The number of carbonyl (C=O) groups is 2. The Morgan fingerprint density at radius 3 is 2.49 bits per heavy atom. The summed E-state index contributed by atoms with van der Waals surface area (Å²) in [5.74, 6) is 0.256. The lowest BCUT2D eigenvalue weighted by atomic mass is 9.92. The van der Waals surface area contributed by atoms with Crippen molar-refractivity contribution in [2.24, 2.45) is 4.99 Å². The number of aromatic nitrogens is 1. The van der Waals surface area contributed by atoms with Crippen molar-refractivity contribution < 1.29 is 14.3 Å². The number of pyridine rings is 1. The molecule has 0 fully saturated rings. The Morgan fingerprint density at radius 2 is 1.94 bits per heavy atom. The van der Waals surface area contributed by atoms with E-state index in [1.807, 2.05) is 43.3 Å². The minimum Gasteiger partial charge on any atom is -0.462 e. The molecule has 1 aromatic heterocycles. The standard InChI is InChI=1S/C28H32N4O3/c1-7-14-22(15-8-2)32(19-33)27-25(26(29-6)30-18-9-3)24(21-16-12-11-13-17-21)23(20(5)31-27)28(34)35-10-4/h7-9,11-17,19H,1,3,10,18H2,2,4-6H3,(H,29,30)/b15-8-,22-14+. The second-order valence-corrected chi connectivity index (χ2v) is 7.28. The highest BCUT2D eigenvalue weighted by Crippen LogP contribution is 2.36. The lowest BCUT2D eigenvalue weighted by molar-refractivity contribution is -0.107. The summed E-state index contributed by atoms with van der Waals surface area (Å²) in [6.07, 6.45) is 9.26. The highest BCUT2D eigenvalue weighted by Gasteiger charge is 2.30. The lowest BCUT2D eigenvalue weighted by Crippen LogP contribution is -2.31. The lowest BCUT2D eigenvalue weighted by Gasteiger charge is -2.26. The van der Waals surface area contributed by atoms with Gasteiger partial charge in [0.2, 0.25) is 6.41 Å². The fourth-order valence-electron chi connectivity index (χ4n) is 3.62. The molecule has 0 bridgehead atoms. The summed E-state index contributed by atoms with van der Waals surface area (Å²) in [6.45, 7) is 13.5. The fourth-order valence-corrected chi connectivity index (χ4v) is 3.62. The molecule has 0 spiro atoms. The van der Waals surface area contributed by atoms with Gasteiger partial charge in [0.15, 0.2) is 5.82 Å². The number of hydrogen-bond acceptors (Lipinski definition) is 5. The SMILES string of the molecule is C=C/C=C(\C=C/C)N(C=O)c1nc(C)c(C(=O)OCC)c(-c2ccccc2)c1C(=NC)NCC=C. The average molecular weight is 473 g/mol. The minimum absolute atomic E-state index is 0.209. The van der Waals surface area contributed by atoms with Gasteiger partial charge < -0.3 is 10.1 Å². The molecule has 0 atom stereocenters. The molecule has 7 heteroatoms.